The van der Waals surface area contributed by atoms with Gasteiger partial charge in [-0.05, 0) is 43.0 Å². The number of ether oxygens (including phenoxy) is 2. The zero-order valence-electron chi connectivity index (χ0n) is 14.4. The maximum Gasteiger partial charge on any atom is 0.244 e. The summed E-state index contributed by atoms with van der Waals surface area (Å²) in [6.45, 7) is 2.27. The number of amides is 1. The van der Waals surface area contributed by atoms with Gasteiger partial charge in [0.1, 0.15) is 5.76 Å². The average Bonchev–Trinajstić information content (AvgIpc) is 3.31. The number of nitrogens with zero attached hydrogens (tertiary/aromatic N) is 2. The van der Waals surface area contributed by atoms with Crippen molar-refractivity contribution in [3.05, 3.63) is 41.7 Å². The van der Waals surface area contributed by atoms with Crippen LogP contribution in [0.25, 0.3) is 0 Å². The smallest absolute Gasteiger partial charge is 0.244 e. The first-order valence-corrected chi connectivity index (χ1v) is 8.83. The lowest BCUT2D eigenvalue weighted by molar-refractivity contribution is -0.120. The highest BCUT2D eigenvalue weighted by molar-refractivity contribution is 5.82. The van der Waals surface area contributed by atoms with E-state index in [9.17, 15) is 4.79 Å². The molecule has 0 aliphatic carbocycles. The van der Waals surface area contributed by atoms with E-state index >= 15 is 0 Å². The minimum Gasteiger partial charge on any atom is -0.454 e. The molecule has 0 radical (unpaired) electrons. The van der Waals surface area contributed by atoms with Crippen LogP contribution in [0.15, 0.2) is 39.9 Å². The molecule has 136 valence electrons. The molecule has 1 amide bonds. The highest BCUT2D eigenvalue weighted by Crippen LogP contribution is 2.32. The van der Waals surface area contributed by atoms with Gasteiger partial charge in [0.05, 0.1) is 12.6 Å². The van der Waals surface area contributed by atoms with Crippen molar-refractivity contribution in [3.8, 4) is 11.5 Å². The molecular weight excluding hydrogens is 334 g/mol. The van der Waals surface area contributed by atoms with E-state index < -0.39 is 0 Å². The third-order valence-electron chi connectivity index (χ3n) is 4.46. The normalized spacial score (nSPS) is 16.2. The van der Waals surface area contributed by atoms with Crippen molar-refractivity contribution in [1.29, 1.82) is 0 Å². The molecule has 1 aromatic carbocycles. The number of anilines is 1. The summed E-state index contributed by atoms with van der Waals surface area (Å²) < 4.78 is 16.3. The monoisotopic (exact) mass is 355 g/mol. The van der Waals surface area contributed by atoms with Crippen LogP contribution in [-0.2, 0) is 11.2 Å². The highest BCUT2D eigenvalue weighted by Gasteiger charge is 2.15. The van der Waals surface area contributed by atoms with Crippen molar-refractivity contribution in [3.63, 3.8) is 0 Å². The molecule has 2 aliphatic rings. The summed E-state index contributed by atoms with van der Waals surface area (Å²) in [5.41, 5.74) is 3.36. The molecule has 0 spiro atoms. The summed E-state index contributed by atoms with van der Waals surface area (Å²) >= 11 is 0. The number of hydrogen-bond acceptors (Lipinski definition) is 6. The van der Waals surface area contributed by atoms with E-state index in [1.54, 1.807) is 6.07 Å². The Morgan fingerprint density at radius 1 is 1.12 bits per heavy atom. The molecular formula is C19H21N3O4. The first kappa shape index (κ1) is 16.5. The molecule has 1 fully saturated rings. The topological polar surface area (TPSA) is 76.3 Å². The SMILES string of the molecule is O=C(Cc1ccc2c(c1)OCO2)N/N=C\c1ccc(N2CCCCC2)o1. The Kier molecular flexibility index (Phi) is 4.77. The van der Waals surface area contributed by atoms with Crippen LogP contribution >= 0.6 is 0 Å². The number of fused-ring (bicyclic) bond motifs is 1. The van der Waals surface area contributed by atoms with Crippen LogP contribution in [0.4, 0.5) is 5.88 Å². The van der Waals surface area contributed by atoms with E-state index in [0.717, 1.165) is 24.5 Å². The summed E-state index contributed by atoms with van der Waals surface area (Å²) in [5, 5.41) is 3.98. The van der Waals surface area contributed by atoms with Crippen LogP contribution in [0.3, 0.4) is 0 Å². The van der Waals surface area contributed by atoms with E-state index in [2.05, 4.69) is 15.4 Å². The van der Waals surface area contributed by atoms with Gasteiger partial charge < -0.3 is 18.8 Å². The lowest BCUT2D eigenvalue weighted by atomic mass is 10.1. The first-order chi connectivity index (χ1) is 12.8. The van der Waals surface area contributed by atoms with Crippen molar-refractivity contribution < 1.29 is 18.7 Å². The van der Waals surface area contributed by atoms with Gasteiger partial charge in [-0.2, -0.15) is 5.10 Å². The third kappa shape index (κ3) is 3.82. The Hall–Kier alpha value is -2.96. The number of nitrogens with one attached hydrogen (secondary N) is 1. The molecule has 7 heteroatoms. The van der Waals surface area contributed by atoms with Gasteiger partial charge in [-0.15, -0.1) is 0 Å². The summed E-state index contributed by atoms with van der Waals surface area (Å²) in [7, 11) is 0. The van der Waals surface area contributed by atoms with Gasteiger partial charge in [-0.1, -0.05) is 6.07 Å². The Bertz CT molecular complexity index is 809. The minimum atomic E-state index is -0.206. The quantitative estimate of drug-likeness (QED) is 0.659. The minimum absolute atomic E-state index is 0.206. The lowest BCUT2D eigenvalue weighted by Crippen LogP contribution is -2.28. The van der Waals surface area contributed by atoms with Gasteiger partial charge in [0, 0.05) is 19.2 Å². The number of carbonyl (C=O) groups excluding carboxylic acids is 1. The number of piperidine rings is 1. The maximum atomic E-state index is 12.0. The zero-order valence-corrected chi connectivity index (χ0v) is 14.4. The Morgan fingerprint density at radius 2 is 1.96 bits per heavy atom. The first-order valence-electron chi connectivity index (χ1n) is 8.83. The van der Waals surface area contributed by atoms with Gasteiger partial charge in [0.25, 0.3) is 0 Å². The number of hydrazone groups is 1. The predicted molar refractivity (Wildman–Crippen MR) is 96.8 cm³/mol. The van der Waals surface area contributed by atoms with E-state index in [-0.39, 0.29) is 19.1 Å². The fourth-order valence-electron chi connectivity index (χ4n) is 3.14. The van der Waals surface area contributed by atoms with Crippen molar-refractivity contribution in [2.45, 2.75) is 25.7 Å². The van der Waals surface area contributed by atoms with Gasteiger partial charge in [0.2, 0.25) is 12.7 Å². The summed E-state index contributed by atoms with van der Waals surface area (Å²) in [6.07, 6.45) is 5.40. The Labute approximate surface area is 151 Å². The third-order valence-corrected chi connectivity index (χ3v) is 4.46. The molecule has 1 aromatic heterocycles. The number of hydrogen-bond donors (Lipinski definition) is 1. The molecule has 4 rings (SSSR count). The molecule has 1 N–H and O–H groups in total. The van der Waals surface area contributed by atoms with Crippen molar-refractivity contribution in [2.24, 2.45) is 5.10 Å². The van der Waals surface area contributed by atoms with Crippen LogP contribution in [0, 0.1) is 0 Å². The molecule has 3 heterocycles. The fourth-order valence-corrected chi connectivity index (χ4v) is 3.14. The van der Waals surface area contributed by atoms with Crippen molar-refractivity contribution >= 4 is 18.0 Å². The summed E-state index contributed by atoms with van der Waals surface area (Å²) in [6, 6.07) is 9.26. The largest absolute Gasteiger partial charge is 0.454 e. The van der Waals surface area contributed by atoms with Crippen LogP contribution in [0.2, 0.25) is 0 Å². The number of carbonyl (C=O) groups is 1. The van der Waals surface area contributed by atoms with Gasteiger partial charge in [-0.3, -0.25) is 4.79 Å². The average molecular weight is 355 g/mol. The van der Waals surface area contributed by atoms with Gasteiger partial charge in [0.15, 0.2) is 17.4 Å². The van der Waals surface area contributed by atoms with Crippen LogP contribution in [0.5, 0.6) is 11.5 Å². The Morgan fingerprint density at radius 3 is 2.85 bits per heavy atom. The molecule has 7 nitrogen and oxygen atoms in total. The molecule has 0 atom stereocenters. The van der Waals surface area contributed by atoms with Crippen LogP contribution < -0.4 is 19.8 Å². The highest BCUT2D eigenvalue weighted by atomic mass is 16.7. The molecule has 0 saturated carbocycles. The van der Waals surface area contributed by atoms with Crippen molar-refractivity contribution in [2.75, 3.05) is 24.8 Å². The second-order valence-electron chi connectivity index (χ2n) is 6.38. The molecule has 26 heavy (non-hydrogen) atoms. The van der Waals surface area contributed by atoms with Crippen molar-refractivity contribution in [1.82, 2.24) is 5.43 Å². The fraction of sp³-hybridized carbons (Fsp3) is 0.368. The number of furan rings is 1. The maximum absolute atomic E-state index is 12.0. The second-order valence-corrected chi connectivity index (χ2v) is 6.38. The zero-order chi connectivity index (χ0) is 17.8. The predicted octanol–water partition coefficient (Wildman–Crippen LogP) is 2.69. The van der Waals surface area contributed by atoms with E-state index in [1.165, 1.54) is 25.5 Å². The molecule has 0 bridgehead atoms. The molecule has 1 saturated heterocycles. The van der Waals surface area contributed by atoms with E-state index in [0.29, 0.717) is 17.3 Å². The summed E-state index contributed by atoms with van der Waals surface area (Å²) in [4.78, 5) is 14.3. The molecule has 2 aromatic rings. The van der Waals surface area contributed by atoms with E-state index in [4.69, 9.17) is 13.9 Å². The molecule has 2 aliphatic heterocycles. The lowest BCUT2D eigenvalue weighted by Gasteiger charge is -2.25. The second kappa shape index (κ2) is 7.51. The Balaban J connectivity index is 1.29. The standard InChI is InChI=1S/C19H21N3O4/c23-18(11-14-4-6-16-17(10-14)25-13-24-16)21-20-12-15-5-7-19(26-15)22-8-2-1-3-9-22/h4-7,10,12H,1-3,8-9,11,13H2,(H,21,23)/b20-12-. The van der Waals surface area contributed by atoms with Crippen LogP contribution in [-0.4, -0.2) is 32.0 Å². The number of rotatable bonds is 5. The van der Waals surface area contributed by atoms with E-state index in [1.807, 2.05) is 24.3 Å². The molecule has 0 unspecified atom stereocenters. The van der Waals surface area contributed by atoms with Gasteiger partial charge in [-0.25, -0.2) is 5.43 Å². The number of benzene rings is 1. The van der Waals surface area contributed by atoms with Crippen LogP contribution in [0.1, 0.15) is 30.6 Å². The summed E-state index contributed by atoms with van der Waals surface area (Å²) in [5.74, 6) is 2.64. The van der Waals surface area contributed by atoms with Gasteiger partial charge >= 0.3 is 0 Å².